The second-order valence-electron chi connectivity index (χ2n) is 7.35. The number of ether oxygens (including phenoxy) is 1. The van der Waals surface area contributed by atoms with Gasteiger partial charge in [-0.15, -0.1) is 10.2 Å². The first-order valence-corrected chi connectivity index (χ1v) is 12.5. The summed E-state index contributed by atoms with van der Waals surface area (Å²) < 4.78 is 33.0. The highest BCUT2D eigenvalue weighted by Gasteiger charge is 2.27. The monoisotopic (exact) mass is 494 g/mol. The van der Waals surface area contributed by atoms with E-state index in [4.69, 9.17) is 4.74 Å². The van der Waals surface area contributed by atoms with E-state index in [2.05, 4.69) is 15.5 Å². The summed E-state index contributed by atoms with van der Waals surface area (Å²) in [5, 5.41) is 11.8. The zero-order chi connectivity index (χ0) is 24.1. The van der Waals surface area contributed by atoms with Gasteiger partial charge in [0.25, 0.3) is 10.0 Å². The van der Waals surface area contributed by atoms with Gasteiger partial charge in [0, 0.05) is 5.56 Å². The van der Waals surface area contributed by atoms with Crippen molar-refractivity contribution in [2.45, 2.75) is 11.8 Å². The van der Waals surface area contributed by atoms with Crippen LogP contribution >= 0.6 is 11.3 Å². The molecular weight excluding hydrogens is 472 g/mol. The SMILES string of the molecule is COc1ccc(N(CC(=O)Nc2nnc(-c3ccc(C)cc3)s2)S(=O)(=O)c2ccccc2)cc1. The van der Waals surface area contributed by atoms with Gasteiger partial charge >= 0.3 is 0 Å². The number of rotatable bonds is 8. The van der Waals surface area contributed by atoms with Crippen molar-refractivity contribution in [3.8, 4) is 16.3 Å². The topological polar surface area (TPSA) is 101 Å². The Bertz CT molecular complexity index is 1370. The molecule has 0 radical (unpaired) electrons. The van der Waals surface area contributed by atoms with Crippen molar-refractivity contribution in [3.63, 3.8) is 0 Å². The number of amides is 1. The largest absolute Gasteiger partial charge is 0.497 e. The molecule has 4 aromatic rings. The summed E-state index contributed by atoms with van der Waals surface area (Å²) in [6, 6.07) is 22.2. The third-order valence-electron chi connectivity index (χ3n) is 4.95. The van der Waals surface area contributed by atoms with Crippen molar-refractivity contribution in [2.75, 3.05) is 23.3 Å². The molecule has 0 bridgehead atoms. The van der Waals surface area contributed by atoms with E-state index in [1.165, 1.54) is 30.6 Å². The van der Waals surface area contributed by atoms with Crippen molar-refractivity contribution in [2.24, 2.45) is 0 Å². The number of hydrogen-bond acceptors (Lipinski definition) is 7. The highest BCUT2D eigenvalue weighted by Crippen LogP contribution is 2.28. The summed E-state index contributed by atoms with van der Waals surface area (Å²) in [6.45, 7) is 1.55. The van der Waals surface area contributed by atoms with Crippen LogP contribution in [0.25, 0.3) is 10.6 Å². The van der Waals surface area contributed by atoms with Gasteiger partial charge in [-0.3, -0.25) is 14.4 Å². The molecule has 1 N–H and O–H groups in total. The molecule has 4 rings (SSSR count). The number of carbonyl (C=O) groups is 1. The van der Waals surface area contributed by atoms with Gasteiger partial charge in [-0.25, -0.2) is 8.42 Å². The fraction of sp³-hybridized carbons (Fsp3) is 0.125. The Morgan fingerprint density at radius 2 is 1.65 bits per heavy atom. The van der Waals surface area contributed by atoms with E-state index in [0.29, 0.717) is 16.4 Å². The Balaban J connectivity index is 1.57. The number of nitrogens with one attached hydrogen (secondary N) is 1. The first-order valence-electron chi connectivity index (χ1n) is 10.3. The summed E-state index contributed by atoms with van der Waals surface area (Å²) >= 11 is 1.21. The number of methoxy groups -OCH3 is 1. The zero-order valence-electron chi connectivity index (χ0n) is 18.5. The number of carbonyl (C=O) groups excluding carboxylic acids is 1. The lowest BCUT2D eigenvalue weighted by Crippen LogP contribution is -2.38. The lowest BCUT2D eigenvalue weighted by Gasteiger charge is -2.24. The normalized spacial score (nSPS) is 11.1. The van der Waals surface area contributed by atoms with Gasteiger partial charge in [-0.1, -0.05) is 59.4 Å². The van der Waals surface area contributed by atoms with Gasteiger partial charge in [-0.2, -0.15) is 0 Å². The fourth-order valence-corrected chi connectivity index (χ4v) is 5.37. The van der Waals surface area contributed by atoms with E-state index in [9.17, 15) is 13.2 Å². The highest BCUT2D eigenvalue weighted by atomic mass is 32.2. The molecule has 0 unspecified atom stereocenters. The van der Waals surface area contributed by atoms with Gasteiger partial charge in [0.1, 0.15) is 17.3 Å². The Labute approximate surface area is 201 Å². The van der Waals surface area contributed by atoms with E-state index in [-0.39, 0.29) is 10.0 Å². The Hall–Kier alpha value is -3.76. The number of aryl methyl sites for hydroxylation is 1. The predicted molar refractivity (Wildman–Crippen MR) is 133 cm³/mol. The quantitative estimate of drug-likeness (QED) is 0.391. The Morgan fingerprint density at radius 1 is 0.971 bits per heavy atom. The van der Waals surface area contributed by atoms with Crippen LogP contribution < -0.4 is 14.4 Å². The standard InChI is InChI=1S/C24H22N4O4S2/c1-17-8-10-18(11-9-17)23-26-27-24(33-23)25-22(29)16-28(19-12-14-20(32-2)15-13-19)34(30,31)21-6-4-3-5-7-21/h3-15H,16H2,1-2H3,(H,25,27,29). The predicted octanol–water partition coefficient (Wildman–Crippen LogP) is 4.36. The minimum atomic E-state index is -4.00. The number of aromatic nitrogens is 2. The van der Waals surface area contributed by atoms with Crippen LogP contribution in [-0.2, 0) is 14.8 Å². The molecule has 0 aliphatic carbocycles. The molecule has 1 amide bonds. The first kappa shape index (κ1) is 23.4. The summed E-state index contributed by atoms with van der Waals surface area (Å²) in [7, 11) is -2.48. The van der Waals surface area contributed by atoms with Gasteiger partial charge in [0.15, 0.2) is 0 Å². The van der Waals surface area contributed by atoms with Crippen molar-refractivity contribution >= 4 is 38.1 Å². The Kier molecular flexibility index (Phi) is 6.90. The molecule has 0 saturated carbocycles. The third-order valence-corrected chi connectivity index (χ3v) is 7.62. The molecule has 0 atom stereocenters. The van der Waals surface area contributed by atoms with Gasteiger partial charge in [0.05, 0.1) is 17.7 Å². The van der Waals surface area contributed by atoms with Crippen LogP contribution in [0.5, 0.6) is 5.75 Å². The number of sulfonamides is 1. The number of nitrogens with zero attached hydrogens (tertiary/aromatic N) is 3. The van der Waals surface area contributed by atoms with Crippen LogP contribution in [0.15, 0.2) is 83.8 Å². The maximum atomic E-state index is 13.4. The van der Waals surface area contributed by atoms with E-state index < -0.39 is 22.5 Å². The smallest absolute Gasteiger partial charge is 0.264 e. The molecule has 0 fully saturated rings. The molecule has 3 aromatic carbocycles. The van der Waals surface area contributed by atoms with Crippen LogP contribution in [0.2, 0.25) is 0 Å². The van der Waals surface area contributed by atoms with Crippen LogP contribution in [0.4, 0.5) is 10.8 Å². The highest BCUT2D eigenvalue weighted by molar-refractivity contribution is 7.92. The van der Waals surface area contributed by atoms with Crippen LogP contribution in [0, 0.1) is 6.92 Å². The molecule has 10 heteroatoms. The second-order valence-corrected chi connectivity index (χ2v) is 10.2. The van der Waals surface area contributed by atoms with E-state index in [1.54, 1.807) is 42.5 Å². The van der Waals surface area contributed by atoms with Crippen molar-refractivity contribution in [1.29, 1.82) is 0 Å². The number of hydrogen-bond donors (Lipinski definition) is 1. The third kappa shape index (κ3) is 5.24. The Morgan fingerprint density at radius 3 is 2.29 bits per heavy atom. The average Bonchev–Trinajstić information content (AvgIpc) is 3.32. The number of benzene rings is 3. The molecule has 1 heterocycles. The van der Waals surface area contributed by atoms with Crippen molar-refractivity contribution in [3.05, 3.63) is 84.4 Å². The molecule has 0 aliphatic heterocycles. The summed E-state index contributed by atoms with van der Waals surface area (Å²) in [6.07, 6.45) is 0. The van der Waals surface area contributed by atoms with E-state index >= 15 is 0 Å². The second kappa shape index (κ2) is 10.0. The molecule has 174 valence electrons. The van der Waals surface area contributed by atoms with Crippen molar-refractivity contribution < 1.29 is 17.9 Å². The minimum Gasteiger partial charge on any atom is -0.497 e. The summed E-state index contributed by atoms with van der Waals surface area (Å²) in [5.74, 6) is 0.0321. The molecule has 1 aromatic heterocycles. The lowest BCUT2D eigenvalue weighted by atomic mass is 10.2. The fourth-order valence-electron chi connectivity index (χ4n) is 3.16. The maximum absolute atomic E-state index is 13.4. The number of anilines is 2. The van der Waals surface area contributed by atoms with Crippen molar-refractivity contribution in [1.82, 2.24) is 10.2 Å². The zero-order valence-corrected chi connectivity index (χ0v) is 20.1. The van der Waals surface area contributed by atoms with Gasteiger partial charge in [-0.05, 0) is 43.3 Å². The molecule has 8 nitrogen and oxygen atoms in total. The first-order chi connectivity index (χ1) is 16.4. The van der Waals surface area contributed by atoms with Gasteiger partial charge < -0.3 is 4.74 Å². The molecule has 0 saturated heterocycles. The molecule has 34 heavy (non-hydrogen) atoms. The molecule has 0 aliphatic rings. The maximum Gasteiger partial charge on any atom is 0.264 e. The van der Waals surface area contributed by atoms with Gasteiger partial charge in [0.2, 0.25) is 11.0 Å². The average molecular weight is 495 g/mol. The molecule has 0 spiro atoms. The van der Waals surface area contributed by atoms with Crippen LogP contribution in [0.3, 0.4) is 0 Å². The summed E-state index contributed by atoms with van der Waals surface area (Å²) in [4.78, 5) is 13.0. The lowest BCUT2D eigenvalue weighted by molar-refractivity contribution is -0.114. The van der Waals surface area contributed by atoms with Crippen LogP contribution in [0.1, 0.15) is 5.56 Å². The van der Waals surface area contributed by atoms with E-state index in [1.807, 2.05) is 31.2 Å². The summed E-state index contributed by atoms with van der Waals surface area (Å²) in [5.41, 5.74) is 2.34. The minimum absolute atomic E-state index is 0.0798. The van der Waals surface area contributed by atoms with Crippen LogP contribution in [-0.4, -0.2) is 38.2 Å². The molecular formula is C24H22N4O4S2. The van der Waals surface area contributed by atoms with E-state index in [0.717, 1.165) is 15.4 Å².